The summed E-state index contributed by atoms with van der Waals surface area (Å²) in [5, 5.41) is 13.9. The lowest BCUT2D eigenvalue weighted by molar-refractivity contribution is -0.144. The fourth-order valence-electron chi connectivity index (χ4n) is 4.18. The Hall–Kier alpha value is -2.65. The van der Waals surface area contributed by atoms with Crippen molar-refractivity contribution in [1.29, 1.82) is 0 Å². The van der Waals surface area contributed by atoms with Crippen LogP contribution in [0.3, 0.4) is 0 Å². The second kappa shape index (κ2) is 12.7. The van der Waals surface area contributed by atoms with E-state index in [1.165, 1.54) is 10.9 Å². The van der Waals surface area contributed by atoms with E-state index in [0.29, 0.717) is 17.1 Å². The summed E-state index contributed by atoms with van der Waals surface area (Å²) < 4.78 is 40.2. The normalized spacial score (nSPS) is 24.6. The molecule has 17 heteroatoms. The molecule has 1 fully saturated rings. The first-order chi connectivity index (χ1) is 19.4. The molecule has 0 amide bonds. The van der Waals surface area contributed by atoms with Crippen LogP contribution in [0.1, 0.15) is 20.1 Å². The van der Waals surface area contributed by atoms with Crippen LogP contribution < -0.4 is 20.2 Å². The van der Waals surface area contributed by atoms with Crippen LogP contribution in [0.2, 0.25) is 0 Å². The van der Waals surface area contributed by atoms with Crippen molar-refractivity contribution in [3.8, 4) is 5.75 Å². The van der Waals surface area contributed by atoms with Crippen molar-refractivity contribution in [2.24, 2.45) is 0 Å². The number of benzene rings is 1. The molecule has 3 heterocycles. The second-order valence-electron chi connectivity index (χ2n) is 9.50. The molecule has 4 N–H and O–H groups in total. The highest BCUT2D eigenvalue weighted by atomic mass is 35.5. The summed E-state index contributed by atoms with van der Waals surface area (Å²) in [6.45, 7) is -0.617. The maximum absolute atomic E-state index is 15.7. The number of hydrogen-bond donors (Lipinski definition) is 3. The lowest BCUT2D eigenvalue weighted by Gasteiger charge is -2.33. The van der Waals surface area contributed by atoms with Gasteiger partial charge in [-0.15, -0.1) is 11.6 Å². The number of nitrogen functional groups attached to an aromatic ring is 1. The Bertz CT molecular complexity index is 1420. The van der Waals surface area contributed by atoms with Crippen LogP contribution in [0.25, 0.3) is 11.2 Å². The molecule has 1 saturated heterocycles. The van der Waals surface area contributed by atoms with E-state index in [9.17, 15) is 9.90 Å². The number of alkyl halides is 2. The number of carbonyl (C=O) groups excluding carboxylic acids is 1. The van der Waals surface area contributed by atoms with Crippen LogP contribution in [0.5, 0.6) is 5.75 Å². The Morgan fingerprint density at radius 1 is 1.39 bits per heavy atom. The van der Waals surface area contributed by atoms with Gasteiger partial charge >= 0.3 is 12.6 Å². The molecule has 1 aromatic carbocycles. The Kier molecular flexibility index (Phi) is 9.69. The third-order valence-corrected chi connectivity index (χ3v) is 9.18. The topological polar surface area (TPSA) is 159 Å². The average Bonchev–Trinajstić information content (AvgIpc) is 3.46. The van der Waals surface area contributed by atoms with Crippen LogP contribution in [-0.2, 0) is 30.6 Å². The number of nitrogens with zero attached hydrogens (tertiary/aromatic N) is 5. The molecular formula is C24H32ClFN7O6PS. The zero-order valence-electron chi connectivity index (χ0n) is 22.8. The smallest absolute Gasteiger partial charge is 0.323 e. The second-order valence-corrected chi connectivity index (χ2v) is 12.9. The number of nitrogens with one attached hydrogen (secondary N) is 1. The molecule has 4 rings (SSSR count). The molecule has 1 aliphatic rings. The molecule has 0 spiro atoms. The number of carbonyl (C=O) groups is 1. The van der Waals surface area contributed by atoms with E-state index in [4.69, 9.17) is 47.7 Å². The summed E-state index contributed by atoms with van der Waals surface area (Å²) in [6, 6.07) is 7.68. The summed E-state index contributed by atoms with van der Waals surface area (Å²) in [5.74, 6) is -0.198. The van der Waals surface area contributed by atoms with Gasteiger partial charge < -0.3 is 34.3 Å². The number of aliphatic hydroxyl groups excluding tert-OH is 1. The number of fused-ring (bicyclic) bond motifs is 1. The predicted molar refractivity (Wildman–Crippen MR) is 155 cm³/mol. The number of nitrogens with two attached hydrogens (primary N) is 1. The fourth-order valence-corrected chi connectivity index (χ4v) is 6.91. The van der Waals surface area contributed by atoms with E-state index in [0.717, 1.165) is 0 Å². The lowest BCUT2D eigenvalue weighted by Crippen LogP contribution is -2.48. The highest BCUT2D eigenvalue weighted by molar-refractivity contribution is 8.09. The van der Waals surface area contributed by atoms with Gasteiger partial charge in [0.05, 0.1) is 25.4 Å². The van der Waals surface area contributed by atoms with Crippen molar-refractivity contribution in [2.75, 3.05) is 43.8 Å². The summed E-state index contributed by atoms with van der Waals surface area (Å²) in [6.07, 6.45) is -3.77. The zero-order chi connectivity index (χ0) is 29.9. The minimum atomic E-state index is -3.52. The summed E-state index contributed by atoms with van der Waals surface area (Å²) in [4.78, 5) is 26.7. The molecule has 0 radical (unpaired) electrons. The predicted octanol–water partition coefficient (Wildman–Crippen LogP) is 2.54. The maximum Gasteiger partial charge on any atom is 0.323 e. The van der Waals surface area contributed by atoms with E-state index in [1.807, 2.05) is 0 Å². The van der Waals surface area contributed by atoms with Gasteiger partial charge in [0.25, 0.3) is 0 Å². The van der Waals surface area contributed by atoms with Gasteiger partial charge in [0.15, 0.2) is 29.4 Å². The van der Waals surface area contributed by atoms with Crippen molar-refractivity contribution in [2.45, 2.75) is 44.0 Å². The number of esters is 1. The monoisotopic (exact) mass is 631 g/mol. The maximum atomic E-state index is 15.7. The van der Waals surface area contributed by atoms with Crippen molar-refractivity contribution in [3.05, 3.63) is 36.7 Å². The number of ether oxygens (including phenoxy) is 2. The van der Waals surface area contributed by atoms with Gasteiger partial charge in [0, 0.05) is 14.1 Å². The fraction of sp³-hybridized carbons (Fsp3) is 0.500. The number of hydrogen-bond acceptors (Lipinski definition) is 12. The van der Waals surface area contributed by atoms with Crippen molar-refractivity contribution >= 4 is 58.9 Å². The van der Waals surface area contributed by atoms with E-state index in [1.54, 1.807) is 63.2 Å². The molecule has 0 saturated carbocycles. The van der Waals surface area contributed by atoms with Crippen LogP contribution in [0.4, 0.5) is 16.2 Å². The highest BCUT2D eigenvalue weighted by Gasteiger charge is 2.57. The van der Waals surface area contributed by atoms with Gasteiger partial charge in [-0.25, -0.2) is 14.5 Å². The van der Waals surface area contributed by atoms with Gasteiger partial charge in [0.2, 0.25) is 5.95 Å². The molecule has 1 aliphatic heterocycles. The molecule has 0 unspecified atom stereocenters. The van der Waals surface area contributed by atoms with Gasteiger partial charge in [-0.05, 0) is 37.8 Å². The molecule has 2 aromatic heterocycles. The van der Waals surface area contributed by atoms with Gasteiger partial charge in [-0.2, -0.15) is 9.97 Å². The summed E-state index contributed by atoms with van der Waals surface area (Å²) in [5.41, 5.74) is 4.70. The Balaban J connectivity index is 1.62. The molecular weight excluding hydrogens is 600 g/mol. The Morgan fingerprint density at radius 3 is 2.73 bits per heavy atom. The van der Waals surface area contributed by atoms with Gasteiger partial charge in [0.1, 0.15) is 23.5 Å². The molecule has 6 atom stereocenters. The zero-order valence-corrected chi connectivity index (χ0v) is 25.3. The van der Waals surface area contributed by atoms with Crippen LogP contribution in [0, 0.1) is 0 Å². The number of para-hydroxylation sites is 1. The van der Waals surface area contributed by atoms with Crippen molar-refractivity contribution < 1.29 is 32.8 Å². The first kappa shape index (κ1) is 31.3. The molecule has 224 valence electrons. The van der Waals surface area contributed by atoms with Crippen molar-refractivity contribution in [1.82, 2.24) is 24.6 Å². The van der Waals surface area contributed by atoms with Crippen molar-refractivity contribution in [3.63, 3.8) is 0 Å². The largest absolute Gasteiger partial charge is 0.465 e. The minimum Gasteiger partial charge on any atom is -0.465 e. The third kappa shape index (κ3) is 6.56. The van der Waals surface area contributed by atoms with E-state index < -0.39 is 49.4 Å². The summed E-state index contributed by atoms with van der Waals surface area (Å²) in [7, 11) is 3.50. The highest BCUT2D eigenvalue weighted by Crippen LogP contribution is 2.49. The SMILES string of the molecule is CCOC(=O)[C@H](C)N[P@](=S)(OC[C@@]1(CCl)O[C@@H](n2cnc3c(N(C)C)nc(N)nc32)[C@H](F)[C@@H]1O)Oc1ccccc1. The molecule has 3 aromatic rings. The van der Waals surface area contributed by atoms with Crippen LogP contribution in [-0.4, -0.2) is 87.7 Å². The number of aliphatic hydroxyl groups is 1. The van der Waals surface area contributed by atoms with Gasteiger partial charge in [-0.1, -0.05) is 18.2 Å². The number of rotatable bonds is 12. The standard InChI is InChI=1S/C24H32ClFN7O6PS/c1-5-36-22(35)14(2)31-40(41,39-15-9-7-6-8-10-15)37-12-24(11-25)18(34)16(26)21(38-24)33-13-28-17-19(32(3)4)29-23(27)30-20(17)33/h6-10,13-14,16,18,21,34H,5,11-12H2,1-4H3,(H,31,41)(H2,27,29,30)/t14-,16+,18-,21+,24+,40-/m0/s1. The van der Waals surface area contributed by atoms with E-state index in [2.05, 4.69) is 20.0 Å². The van der Waals surface area contributed by atoms with Crippen LogP contribution in [0.15, 0.2) is 36.7 Å². The third-order valence-electron chi connectivity index (χ3n) is 6.25. The Labute approximate surface area is 246 Å². The number of anilines is 2. The minimum absolute atomic E-state index is 0.0515. The average molecular weight is 632 g/mol. The van der Waals surface area contributed by atoms with E-state index >= 15 is 4.39 Å². The molecule has 13 nitrogen and oxygen atoms in total. The first-order valence-corrected chi connectivity index (χ1v) is 15.8. The lowest BCUT2D eigenvalue weighted by atomic mass is 9.99. The summed E-state index contributed by atoms with van der Waals surface area (Å²) >= 11 is 12.0. The molecule has 0 aliphatic carbocycles. The van der Waals surface area contributed by atoms with Gasteiger partial charge in [-0.3, -0.25) is 9.36 Å². The van der Waals surface area contributed by atoms with E-state index in [-0.39, 0.29) is 24.1 Å². The van der Waals surface area contributed by atoms with Crippen LogP contribution >= 0.6 is 18.2 Å². The molecule has 41 heavy (non-hydrogen) atoms. The number of imidazole rings is 1. The number of aromatic nitrogens is 4. The Morgan fingerprint density at radius 2 is 2.10 bits per heavy atom. The quantitative estimate of drug-likeness (QED) is 0.152. The first-order valence-electron chi connectivity index (χ1n) is 12.6. The number of halogens is 2. The molecule has 0 bridgehead atoms.